The lowest BCUT2D eigenvalue weighted by Crippen LogP contribution is -2.22. The van der Waals surface area contributed by atoms with Crippen molar-refractivity contribution in [3.8, 4) is 6.19 Å². The number of rotatable bonds is 2. The summed E-state index contributed by atoms with van der Waals surface area (Å²) in [5.41, 5.74) is 4.87. The van der Waals surface area contributed by atoms with Crippen molar-refractivity contribution >= 4 is 6.41 Å². The number of hydrogen-bond acceptors (Lipinski definition) is 3. The number of hydrogen-bond donors (Lipinski definition) is 1. The zero-order valence-corrected chi connectivity index (χ0v) is 3.66. The number of carbonyl (C=O) groups is 1. The second-order valence-corrected chi connectivity index (χ2v) is 0.858. The van der Waals surface area contributed by atoms with Gasteiger partial charge in [0.2, 0.25) is 6.41 Å². The van der Waals surface area contributed by atoms with Gasteiger partial charge in [0, 0.05) is 0 Å². The molecule has 0 heterocycles. The molecule has 0 aromatic carbocycles. The summed E-state index contributed by atoms with van der Waals surface area (Å²) in [6.45, 7) is -0.0417. The summed E-state index contributed by atoms with van der Waals surface area (Å²) in [6, 6.07) is 0. The molecule has 0 aromatic heterocycles. The van der Waals surface area contributed by atoms with Gasteiger partial charge in [0.15, 0.2) is 6.19 Å². The summed E-state index contributed by atoms with van der Waals surface area (Å²) in [6.07, 6.45) is 1.92. The highest BCUT2D eigenvalue weighted by atomic mass is 16.1. The van der Waals surface area contributed by atoms with Crippen molar-refractivity contribution < 1.29 is 4.79 Å². The van der Waals surface area contributed by atoms with Crippen molar-refractivity contribution in [2.24, 2.45) is 5.73 Å². The van der Waals surface area contributed by atoms with Crippen molar-refractivity contribution in [3.05, 3.63) is 0 Å². The zero-order chi connectivity index (χ0) is 5.70. The third-order valence-corrected chi connectivity index (χ3v) is 0.452. The van der Waals surface area contributed by atoms with Crippen LogP contribution in [0.1, 0.15) is 0 Å². The lowest BCUT2D eigenvalue weighted by molar-refractivity contribution is -0.115. The normalized spacial score (nSPS) is 6.86. The van der Waals surface area contributed by atoms with Gasteiger partial charge in [-0.05, 0) is 0 Å². The molecule has 38 valence electrons. The standard InChI is InChI=1S/C3H5N3O/c4-1-6(2-5)3-7/h3H,1,4H2. The molecule has 0 aliphatic rings. The molecule has 2 N–H and O–H groups in total. The Kier molecular flexibility index (Phi) is 2.64. The molecule has 0 rings (SSSR count). The van der Waals surface area contributed by atoms with Crippen molar-refractivity contribution in [2.45, 2.75) is 0 Å². The molecule has 4 nitrogen and oxygen atoms in total. The molecular weight excluding hydrogens is 94.1 g/mol. The van der Waals surface area contributed by atoms with Gasteiger partial charge in [-0.2, -0.15) is 5.26 Å². The predicted molar refractivity (Wildman–Crippen MR) is 22.6 cm³/mol. The second kappa shape index (κ2) is 3.12. The molecule has 0 atom stereocenters. The van der Waals surface area contributed by atoms with Crippen LogP contribution in [-0.4, -0.2) is 18.0 Å². The average molecular weight is 99.1 g/mol. The van der Waals surface area contributed by atoms with Gasteiger partial charge in [0.25, 0.3) is 0 Å². The van der Waals surface area contributed by atoms with Gasteiger partial charge < -0.3 is 5.73 Å². The Morgan fingerprint density at radius 1 is 2.00 bits per heavy atom. The van der Waals surface area contributed by atoms with Crippen LogP contribution in [0, 0.1) is 11.5 Å². The van der Waals surface area contributed by atoms with Crippen LogP contribution in [0.15, 0.2) is 0 Å². The maximum absolute atomic E-state index is 9.59. The van der Waals surface area contributed by atoms with Crippen LogP contribution in [0.4, 0.5) is 0 Å². The first-order chi connectivity index (χ1) is 3.35. The summed E-state index contributed by atoms with van der Waals surface area (Å²) in [4.78, 5) is 10.4. The van der Waals surface area contributed by atoms with E-state index in [2.05, 4.69) is 0 Å². The Morgan fingerprint density at radius 3 is 2.57 bits per heavy atom. The van der Waals surface area contributed by atoms with Crippen LogP contribution < -0.4 is 5.73 Å². The monoisotopic (exact) mass is 99.0 g/mol. The van der Waals surface area contributed by atoms with Crippen LogP contribution in [0.25, 0.3) is 0 Å². The van der Waals surface area contributed by atoms with Gasteiger partial charge in [-0.3, -0.25) is 4.79 Å². The first-order valence-electron chi connectivity index (χ1n) is 1.67. The zero-order valence-electron chi connectivity index (χ0n) is 3.66. The number of amides is 1. The van der Waals surface area contributed by atoms with Gasteiger partial charge >= 0.3 is 0 Å². The summed E-state index contributed by atoms with van der Waals surface area (Å²) in [5.74, 6) is 0. The van der Waals surface area contributed by atoms with Crippen molar-refractivity contribution in [2.75, 3.05) is 6.67 Å². The maximum Gasteiger partial charge on any atom is 0.223 e. The van der Waals surface area contributed by atoms with E-state index in [0.29, 0.717) is 6.41 Å². The lowest BCUT2D eigenvalue weighted by atomic mass is 10.9. The topological polar surface area (TPSA) is 70.1 Å². The minimum absolute atomic E-state index is 0.0417. The van der Waals surface area contributed by atoms with Crippen LogP contribution >= 0.6 is 0 Å². The van der Waals surface area contributed by atoms with E-state index < -0.39 is 0 Å². The van der Waals surface area contributed by atoms with E-state index in [1.165, 1.54) is 0 Å². The third-order valence-electron chi connectivity index (χ3n) is 0.452. The molecule has 1 amide bonds. The van der Waals surface area contributed by atoms with E-state index in [1.54, 1.807) is 6.19 Å². The van der Waals surface area contributed by atoms with Gasteiger partial charge in [0.05, 0.1) is 6.67 Å². The molecular formula is C3H5N3O. The van der Waals surface area contributed by atoms with Crippen LogP contribution in [0.5, 0.6) is 0 Å². The van der Waals surface area contributed by atoms with E-state index >= 15 is 0 Å². The highest BCUT2D eigenvalue weighted by molar-refractivity contribution is 5.49. The summed E-state index contributed by atoms with van der Waals surface area (Å²) in [7, 11) is 0. The largest absolute Gasteiger partial charge is 0.313 e. The maximum atomic E-state index is 9.59. The molecule has 4 heteroatoms. The quantitative estimate of drug-likeness (QED) is 0.205. The Labute approximate surface area is 41.1 Å². The Balaban J connectivity index is 3.43. The van der Waals surface area contributed by atoms with Gasteiger partial charge in [-0.25, -0.2) is 4.90 Å². The lowest BCUT2D eigenvalue weighted by Gasteiger charge is -1.97. The summed E-state index contributed by atoms with van der Waals surface area (Å²) >= 11 is 0. The summed E-state index contributed by atoms with van der Waals surface area (Å²) < 4.78 is 0. The van der Waals surface area contributed by atoms with Gasteiger partial charge in [-0.1, -0.05) is 0 Å². The molecule has 0 bridgehead atoms. The van der Waals surface area contributed by atoms with Crippen molar-refractivity contribution in [3.63, 3.8) is 0 Å². The Bertz CT molecular complexity index is 94.8. The minimum atomic E-state index is -0.0417. The highest BCUT2D eigenvalue weighted by Gasteiger charge is 1.88. The van der Waals surface area contributed by atoms with Crippen LogP contribution in [0.2, 0.25) is 0 Å². The predicted octanol–water partition coefficient (Wildman–Crippen LogP) is -1.16. The molecule has 0 saturated heterocycles. The Hall–Kier alpha value is -1.08. The number of carbonyl (C=O) groups excluding carboxylic acids is 1. The molecule has 7 heavy (non-hydrogen) atoms. The first kappa shape index (κ1) is 5.92. The molecule has 0 radical (unpaired) electrons. The fraction of sp³-hybridized carbons (Fsp3) is 0.333. The SMILES string of the molecule is N#CN(C=O)CN. The van der Waals surface area contributed by atoms with Gasteiger partial charge in [0.1, 0.15) is 0 Å². The number of nitrogens with zero attached hydrogens (tertiary/aromatic N) is 2. The van der Waals surface area contributed by atoms with E-state index in [0.717, 1.165) is 4.90 Å². The smallest absolute Gasteiger partial charge is 0.223 e. The average Bonchev–Trinajstić information content (AvgIpc) is 1.72. The Morgan fingerprint density at radius 2 is 2.57 bits per heavy atom. The highest BCUT2D eigenvalue weighted by Crippen LogP contribution is 1.65. The third kappa shape index (κ3) is 1.73. The molecule has 0 aliphatic carbocycles. The fourth-order valence-electron chi connectivity index (χ4n) is 0.107. The van der Waals surface area contributed by atoms with E-state index in [-0.39, 0.29) is 6.67 Å². The molecule has 0 saturated carbocycles. The van der Waals surface area contributed by atoms with Crippen molar-refractivity contribution in [1.82, 2.24) is 4.90 Å². The second-order valence-electron chi connectivity index (χ2n) is 0.858. The van der Waals surface area contributed by atoms with E-state index in [1.807, 2.05) is 0 Å². The minimum Gasteiger partial charge on any atom is -0.313 e. The molecule has 0 aromatic rings. The number of nitriles is 1. The van der Waals surface area contributed by atoms with E-state index in [9.17, 15) is 4.79 Å². The molecule has 0 unspecified atom stereocenters. The fourth-order valence-corrected chi connectivity index (χ4v) is 0.107. The van der Waals surface area contributed by atoms with Crippen LogP contribution in [-0.2, 0) is 4.79 Å². The molecule has 0 aliphatic heterocycles. The first-order valence-corrected chi connectivity index (χ1v) is 1.67. The summed E-state index contributed by atoms with van der Waals surface area (Å²) in [5, 5.41) is 7.89. The molecule has 0 spiro atoms. The van der Waals surface area contributed by atoms with E-state index in [4.69, 9.17) is 11.0 Å². The van der Waals surface area contributed by atoms with Gasteiger partial charge in [-0.15, -0.1) is 0 Å². The van der Waals surface area contributed by atoms with Crippen molar-refractivity contribution in [1.29, 1.82) is 5.26 Å². The van der Waals surface area contributed by atoms with Crippen LogP contribution in [0.3, 0.4) is 0 Å². The number of nitrogens with two attached hydrogens (primary N) is 1. The molecule has 0 fully saturated rings.